The van der Waals surface area contributed by atoms with Crippen LogP contribution in [0.3, 0.4) is 0 Å². The van der Waals surface area contributed by atoms with Gasteiger partial charge in [0, 0.05) is 25.0 Å². The van der Waals surface area contributed by atoms with Gasteiger partial charge in [-0.3, -0.25) is 9.78 Å². The third-order valence-corrected chi connectivity index (χ3v) is 3.40. The normalized spacial score (nSPS) is 11.8. The zero-order valence-corrected chi connectivity index (χ0v) is 12.8. The van der Waals surface area contributed by atoms with Crippen LogP contribution in [0.25, 0.3) is 0 Å². The van der Waals surface area contributed by atoms with Gasteiger partial charge in [-0.1, -0.05) is 19.1 Å². The highest BCUT2D eigenvalue weighted by molar-refractivity contribution is 5.94. The SMILES string of the molecule is CCC(C)NC(=O)c1cncc(NCc2ccc(F)cc2)c1. The lowest BCUT2D eigenvalue weighted by Crippen LogP contribution is -2.32. The average Bonchev–Trinajstić information content (AvgIpc) is 2.54. The van der Waals surface area contributed by atoms with E-state index in [0.29, 0.717) is 12.1 Å². The Morgan fingerprint density at radius 1 is 1.27 bits per heavy atom. The Labute approximate surface area is 129 Å². The molecule has 1 heterocycles. The van der Waals surface area contributed by atoms with Gasteiger partial charge in [-0.05, 0) is 37.1 Å². The molecule has 2 aromatic rings. The van der Waals surface area contributed by atoms with Crippen molar-refractivity contribution in [3.8, 4) is 0 Å². The van der Waals surface area contributed by atoms with Crippen molar-refractivity contribution in [2.45, 2.75) is 32.9 Å². The number of amides is 1. The third kappa shape index (κ3) is 4.55. The zero-order chi connectivity index (χ0) is 15.9. The molecule has 0 saturated heterocycles. The second-order valence-corrected chi connectivity index (χ2v) is 5.23. The molecule has 0 aliphatic rings. The Kier molecular flexibility index (Phi) is 5.47. The molecule has 1 atom stereocenters. The average molecular weight is 301 g/mol. The van der Waals surface area contributed by atoms with Crippen molar-refractivity contribution in [2.75, 3.05) is 5.32 Å². The molecule has 22 heavy (non-hydrogen) atoms. The predicted octanol–water partition coefficient (Wildman–Crippen LogP) is 3.36. The van der Waals surface area contributed by atoms with Crippen LogP contribution in [-0.2, 0) is 6.54 Å². The highest BCUT2D eigenvalue weighted by atomic mass is 19.1. The molecular weight excluding hydrogens is 281 g/mol. The molecule has 0 saturated carbocycles. The molecule has 2 rings (SSSR count). The Morgan fingerprint density at radius 2 is 2.00 bits per heavy atom. The highest BCUT2D eigenvalue weighted by Gasteiger charge is 2.09. The fourth-order valence-corrected chi connectivity index (χ4v) is 1.88. The lowest BCUT2D eigenvalue weighted by Gasteiger charge is -2.12. The van der Waals surface area contributed by atoms with E-state index >= 15 is 0 Å². The first-order valence-electron chi connectivity index (χ1n) is 7.32. The lowest BCUT2D eigenvalue weighted by molar-refractivity contribution is 0.0939. The molecule has 1 aromatic carbocycles. The van der Waals surface area contributed by atoms with Crippen LogP contribution >= 0.6 is 0 Å². The molecule has 2 N–H and O–H groups in total. The summed E-state index contributed by atoms with van der Waals surface area (Å²) in [7, 11) is 0. The number of halogens is 1. The van der Waals surface area contributed by atoms with Crippen molar-refractivity contribution < 1.29 is 9.18 Å². The fourth-order valence-electron chi connectivity index (χ4n) is 1.88. The second kappa shape index (κ2) is 7.54. The minimum Gasteiger partial charge on any atom is -0.380 e. The van der Waals surface area contributed by atoms with Crippen molar-refractivity contribution >= 4 is 11.6 Å². The number of hydrogen-bond donors (Lipinski definition) is 2. The monoisotopic (exact) mass is 301 g/mol. The summed E-state index contributed by atoms with van der Waals surface area (Å²) in [6, 6.07) is 8.17. The van der Waals surface area contributed by atoms with Gasteiger partial charge in [0.15, 0.2) is 0 Å². The number of anilines is 1. The number of carbonyl (C=O) groups excluding carboxylic acids is 1. The molecule has 0 spiro atoms. The summed E-state index contributed by atoms with van der Waals surface area (Å²) in [5, 5.41) is 6.08. The van der Waals surface area contributed by atoms with E-state index in [1.54, 1.807) is 30.6 Å². The van der Waals surface area contributed by atoms with Crippen LogP contribution in [0.2, 0.25) is 0 Å². The number of aromatic nitrogens is 1. The van der Waals surface area contributed by atoms with E-state index < -0.39 is 0 Å². The Morgan fingerprint density at radius 3 is 2.68 bits per heavy atom. The summed E-state index contributed by atoms with van der Waals surface area (Å²) in [4.78, 5) is 16.1. The number of nitrogens with zero attached hydrogens (tertiary/aromatic N) is 1. The quantitative estimate of drug-likeness (QED) is 0.860. The third-order valence-electron chi connectivity index (χ3n) is 3.40. The minimum absolute atomic E-state index is 0.128. The van der Waals surface area contributed by atoms with E-state index in [-0.39, 0.29) is 17.8 Å². The number of benzene rings is 1. The summed E-state index contributed by atoms with van der Waals surface area (Å²) in [5.74, 6) is -0.388. The maximum atomic E-state index is 12.9. The maximum Gasteiger partial charge on any atom is 0.253 e. The van der Waals surface area contributed by atoms with Crippen LogP contribution in [0.5, 0.6) is 0 Å². The first-order chi connectivity index (χ1) is 10.6. The summed E-state index contributed by atoms with van der Waals surface area (Å²) < 4.78 is 12.9. The van der Waals surface area contributed by atoms with Crippen molar-refractivity contribution in [1.82, 2.24) is 10.3 Å². The predicted molar refractivity (Wildman–Crippen MR) is 85.2 cm³/mol. The largest absolute Gasteiger partial charge is 0.380 e. The molecule has 5 heteroatoms. The Hall–Kier alpha value is -2.43. The highest BCUT2D eigenvalue weighted by Crippen LogP contribution is 2.11. The van der Waals surface area contributed by atoms with Gasteiger partial charge in [0.25, 0.3) is 5.91 Å². The summed E-state index contributed by atoms with van der Waals surface area (Å²) in [5.41, 5.74) is 2.22. The van der Waals surface area contributed by atoms with Gasteiger partial charge in [-0.15, -0.1) is 0 Å². The lowest BCUT2D eigenvalue weighted by atomic mass is 10.2. The van der Waals surface area contributed by atoms with Crippen molar-refractivity contribution in [3.05, 3.63) is 59.7 Å². The molecule has 0 bridgehead atoms. The van der Waals surface area contributed by atoms with Gasteiger partial charge in [-0.25, -0.2) is 4.39 Å². The van der Waals surface area contributed by atoms with Gasteiger partial charge >= 0.3 is 0 Å². The van der Waals surface area contributed by atoms with Gasteiger partial charge in [0.2, 0.25) is 0 Å². The topological polar surface area (TPSA) is 54.0 Å². The van der Waals surface area contributed by atoms with Crippen molar-refractivity contribution in [2.24, 2.45) is 0 Å². The van der Waals surface area contributed by atoms with E-state index in [1.165, 1.54) is 12.1 Å². The number of nitrogens with one attached hydrogen (secondary N) is 2. The smallest absolute Gasteiger partial charge is 0.253 e. The van der Waals surface area contributed by atoms with Crippen LogP contribution < -0.4 is 10.6 Å². The Balaban J connectivity index is 1.99. The first-order valence-corrected chi connectivity index (χ1v) is 7.32. The van der Waals surface area contributed by atoms with Crippen molar-refractivity contribution in [3.63, 3.8) is 0 Å². The number of pyridine rings is 1. The molecule has 0 aliphatic carbocycles. The van der Waals surface area contributed by atoms with Gasteiger partial charge < -0.3 is 10.6 Å². The van der Waals surface area contributed by atoms with Crippen LogP contribution in [-0.4, -0.2) is 16.9 Å². The zero-order valence-electron chi connectivity index (χ0n) is 12.8. The summed E-state index contributed by atoms with van der Waals surface area (Å²) in [6.07, 6.45) is 4.08. The van der Waals surface area contributed by atoms with Crippen molar-refractivity contribution in [1.29, 1.82) is 0 Å². The fraction of sp³-hybridized carbons (Fsp3) is 0.294. The van der Waals surface area contributed by atoms with E-state index in [0.717, 1.165) is 17.7 Å². The first kappa shape index (κ1) is 15.9. The molecule has 0 aliphatic heterocycles. The maximum absolute atomic E-state index is 12.9. The number of rotatable bonds is 6. The van der Waals surface area contributed by atoms with Crippen LogP contribution in [0.4, 0.5) is 10.1 Å². The van der Waals surface area contributed by atoms with Gasteiger partial charge in [0.1, 0.15) is 5.82 Å². The van der Waals surface area contributed by atoms with Crippen LogP contribution in [0.1, 0.15) is 36.2 Å². The second-order valence-electron chi connectivity index (χ2n) is 5.23. The van der Waals surface area contributed by atoms with E-state index in [2.05, 4.69) is 15.6 Å². The van der Waals surface area contributed by atoms with E-state index in [1.807, 2.05) is 13.8 Å². The summed E-state index contributed by atoms with van der Waals surface area (Å²) in [6.45, 7) is 4.52. The Bertz CT molecular complexity index is 628. The molecule has 0 fully saturated rings. The van der Waals surface area contributed by atoms with Gasteiger partial charge in [-0.2, -0.15) is 0 Å². The molecule has 1 aromatic heterocycles. The van der Waals surface area contributed by atoms with Crippen LogP contribution in [0, 0.1) is 5.82 Å². The molecule has 0 radical (unpaired) electrons. The molecule has 1 unspecified atom stereocenters. The molecule has 1 amide bonds. The van der Waals surface area contributed by atoms with Gasteiger partial charge in [0.05, 0.1) is 11.3 Å². The number of carbonyl (C=O) groups is 1. The molecule has 116 valence electrons. The standard InChI is InChI=1S/C17H20FN3O/c1-3-12(2)21-17(22)14-8-16(11-19-10-14)20-9-13-4-6-15(18)7-5-13/h4-8,10-12,20H,3,9H2,1-2H3,(H,21,22). The van der Waals surface area contributed by atoms with Crippen LogP contribution in [0.15, 0.2) is 42.7 Å². The van der Waals surface area contributed by atoms with E-state index in [4.69, 9.17) is 0 Å². The molecular formula is C17H20FN3O. The summed E-state index contributed by atoms with van der Waals surface area (Å²) >= 11 is 0. The number of hydrogen-bond acceptors (Lipinski definition) is 3. The molecule has 4 nitrogen and oxygen atoms in total. The van der Waals surface area contributed by atoms with E-state index in [9.17, 15) is 9.18 Å². The minimum atomic E-state index is -0.255.